The molecule has 0 atom stereocenters. The highest BCUT2D eigenvalue weighted by molar-refractivity contribution is 6.12. The highest BCUT2D eigenvalue weighted by Gasteiger charge is 2.21. The molecule has 0 saturated carbocycles. The summed E-state index contributed by atoms with van der Waals surface area (Å²) in [6.07, 6.45) is 0. The first-order chi connectivity index (χ1) is 30.7. The summed E-state index contributed by atoms with van der Waals surface area (Å²) in [5, 5.41) is 4.37. The Hall–Kier alpha value is -8.41. The van der Waals surface area contributed by atoms with Gasteiger partial charge in [-0.15, -0.1) is 0 Å². The van der Waals surface area contributed by atoms with Gasteiger partial charge in [0.05, 0.1) is 0 Å². The molecule has 3 aromatic heterocycles. The molecule has 5 nitrogen and oxygen atoms in total. The van der Waals surface area contributed by atoms with Crippen LogP contribution in [0.3, 0.4) is 0 Å². The van der Waals surface area contributed by atoms with Crippen molar-refractivity contribution in [2.24, 2.45) is 0 Å². The number of rotatable bonds is 7. The summed E-state index contributed by atoms with van der Waals surface area (Å²) in [5.74, 6) is 1.86. The van der Waals surface area contributed by atoms with Crippen molar-refractivity contribution in [3.8, 4) is 78.7 Å². The van der Waals surface area contributed by atoms with E-state index in [0.717, 1.165) is 105 Å². The zero-order chi connectivity index (χ0) is 41.0. The van der Waals surface area contributed by atoms with Gasteiger partial charge in [-0.1, -0.05) is 182 Å². The van der Waals surface area contributed by atoms with Gasteiger partial charge in [0, 0.05) is 43.8 Å². The SMILES string of the molecule is c1ccc(-c2nc(-c3ccccc3)nc(-c3ccccc3-c3ccccc3-c3ccccc3-c3cccc4c3oc3ccc(-c5ccc6oc7ccccc7c6c5)cc34)n2)cc1. The molecule has 3 heterocycles. The number of para-hydroxylation sites is 2. The van der Waals surface area contributed by atoms with Gasteiger partial charge in [0.2, 0.25) is 0 Å². The number of nitrogens with zero attached hydrogens (tertiary/aromatic N) is 3. The van der Waals surface area contributed by atoms with Crippen LogP contribution < -0.4 is 0 Å². The third-order valence-corrected chi connectivity index (χ3v) is 11.8. The molecule has 0 radical (unpaired) electrons. The predicted molar refractivity (Wildman–Crippen MR) is 252 cm³/mol. The molecule has 9 aromatic carbocycles. The Labute approximate surface area is 357 Å². The normalized spacial score (nSPS) is 11.5. The first kappa shape index (κ1) is 35.5. The average molecular weight is 794 g/mol. The van der Waals surface area contributed by atoms with Gasteiger partial charge in [0.1, 0.15) is 22.3 Å². The first-order valence-corrected chi connectivity index (χ1v) is 20.8. The minimum atomic E-state index is 0.612. The van der Waals surface area contributed by atoms with Gasteiger partial charge in [-0.25, -0.2) is 15.0 Å². The van der Waals surface area contributed by atoms with E-state index in [-0.39, 0.29) is 0 Å². The summed E-state index contributed by atoms with van der Waals surface area (Å²) < 4.78 is 12.9. The van der Waals surface area contributed by atoms with E-state index in [4.69, 9.17) is 23.8 Å². The van der Waals surface area contributed by atoms with Gasteiger partial charge < -0.3 is 8.83 Å². The molecule has 0 fully saturated rings. The Balaban J connectivity index is 0.982. The topological polar surface area (TPSA) is 65.0 Å². The summed E-state index contributed by atoms with van der Waals surface area (Å²) >= 11 is 0. The maximum absolute atomic E-state index is 6.78. The molecule has 0 aliphatic rings. The lowest BCUT2D eigenvalue weighted by Gasteiger charge is -2.17. The fourth-order valence-corrected chi connectivity index (χ4v) is 8.84. The molecule has 0 spiro atoms. The molecule has 0 saturated heterocycles. The van der Waals surface area contributed by atoms with E-state index in [1.165, 1.54) is 0 Å². The van der Waals surface area contributed by atoms with Crippen molar-refractivity contribution in [1.82, 2.24) is 15.0 Å². The minimum Gasteiger partial charge on any atom is -0.456 e. The smallest absolute Gasteiger partial charge is 0.164 e. The van der Waals surface area contributed by atoms with Crippen LogP contribution in [0.1, 0.15) is 0 Å². The van der Waals surface area contributed by atoms with E-state index < -0.39 is 0 Å². The van der Waals surface area contributed by atoms with Gasteiger partial charge in [-0.05, 0) is 69.3 Å². The number of fused-ring (bicyclic) bond motifs is 6. The summed E-state index contributed by atoms with van der Waals surface area (Å²) in [5.41, 5.74) is 14.9. The van der Waals surface area contributed by atoms with E-state index >= 15 is 0 Å². The highest BCUT2D eigenvalue weighted by atomic mass is 16.3. The fraction of sp³-hybridized carbons (Fsp3) is 0. The molecule has 0 aliphatic heterocycles. The maximum Gasteiger partial charge on any atom is 0.164 e. The van der Waals surface area contributed by atoms with Crippen molar-refractivity contribution in [2.75, 3.05) is 0 Å². The van der Waals surface area contributed by atoms with Crippen LogP contribution in [0.5, 0.6) is 0 Å². The average Bonchev–Trinajstić information content (AvgIpc) is 3.92. The number of hydrogen-bond acceptors (Lipinski definition) is 5. The van der Waals surface area contributed by atoms with E-state index in [9.17, 15) is 0 Å². The molecule has 0 unspecified atom stereocenters. The molecule has 12 rings (SSSR count). The van der Waals surface area contributed by atoms with Crippen LogP contribution in [0.2, 0.25) is 0 Å². The van der Waals surface area contributed by atoms with E-state index in [2.05, 4.69) is 140 Å². The Morgan fingerprint density at radius 3 is 1.24 bits per heavy atom. The second-order valence-corrected chi connectivity index (χ2v) is 15.5. The molecule has 0 amide bonds. The van der Waals surface area contributed by atoms with Crippen LogP contribution in [-0.2, 0) is 0 Å². The lowest BCUT2D eigenvalue weighted by molar-refractivity contribution is 0.669. The molecule has 0 bridgehead atoms. The van der Waals surface area contributed by atoms with E-state index in [1.807, 2.05) is 72.8 Å². The van der Waals surface area contributed by atoms with Crippen molar-refractivity contribution >= 4 is 43.9 Å². The van der Waals surface area contributed by atoms with E-state index in [1.54, 1.807) is 0 Å². The quantitative estimate of drug-likeness (QED) is 0.161. The first-order valence-electron chi connectivity index (χ1n) is 20.8. The molecule has 0 N–H and O–H groups in total. The maximum atomic E-state index is 6.78. The van der Waals surface area contributed by atoms with Crippen molar-refractivity contribution in [3.05, 3.63) is 212 Å². The largest absolute Gasteiger partial charge is 0.456 e. The van der Waals surface area contributed by atoms with Crippen LogP contribution in [0.25, 0.3) is 123 Å². The van der Waals surface area contributed by atoms with Crippen LogP contribution in [0, 0.1) is 0 Å². The van der Waals surface area contributed by atoms with E-state index in [0.29, 0.717) is 17.5 Å². The molecule has 290 valence electrons. The monoisotopic (exact) mass is 793 g/mol. The van der Waals surface area contributed by atoms with Crippen molar-refractivity contribution in [2.45, 2.75) is 0 Å². The van der Waals surface area contributed by atoms with Gasteiger partial charge >= 0.3 is 0 Å². The highest BCUT2D eigenvalue weighted by Crippen LogP contribution is 2.45. The summed E-state index contributed by atoms with van der Waals surface area (Å²) in [4.78, 5) is 15.2. The zero-order valence-corrected chi connectivity index (χ0v) is 33.4. The van der Waals surface area contributed by atoms with Gasteiger partial charge in [-0.2, -0.15) is 0 Å². The van der Waals surface area contributed by atoms with Gasteiger partial charge in [0.15, 0.2) is 17.5 Å². The number of aromatic nitrogens is 3. The van der Waals surface area contributed by atoms with Crippen molar-refractivity contribution < 1.29 is 8.83 Å². The second-order valence-electron chi connectivity index (χ2n) is 15.5. The molecule has 12 aromatic rings. The Morgan fingerprint density at radius 1 is 0.242 bits per heavy atom. The summed E-state index contributed by atoms with van der Waals surface area (Å²) in [7, 11) is 0. The summed E-state index contributed by atoms with van der Waals surface area (Å²) in [6.45, 7) is 0. The number of hydrogen-bond donors (Lipinski definition) is 0. The van der Waals surface area contributed by atoms with Gasteiger partial charge in [0.25, 0.3) is 0 Å². The number of benzene rings is 9. The van der Waals surface area contributed by atoms with Crippen LogP contribution >= 0.6 is 0 Å². The predicted octanol–water partition coefficient (Wildman–Crippen LogP) is 15.3. The Kier molecular flexibility index (Phi) is 8.42. The third kappa shape index (κ3) is 6.06. The standard InChI is InChI=1S/C57H35N3O2/c1-3-16-36(17-4-1)55-58-56(37-18-5-2-6-19-37)60-57(59-55)48-26-12-11-24-44(48)42-22-8-7-20-40(42)41-21-9-10-23-43(41)46-27-15-28-47-50-35-39(31-33-53(50)62-54(46)47)38-30-32-52-49(34-38)45-25-13-14-29-51(45)61-52/h1-35H. The zero-order valence-electron chi connectivity index (χ0n) is 33.4. The molecule has 5 heteroatoms. The van der Waals surface area contributed by atoms with Crippen LogP contribution in [0.15, 0.2) is 221 Å². The number of furan rings is 2. The van der Waals surface area contributed by atoms with Crippen molar-refractivity contribution in [3.63, 3.8) is 0 Å². The molecular formula is C57H35N3O2. The molecular weight excluding hydrogens is 759 g/mol. The van der Waals surface area contributed by atoms with Crippen molar-refractivity contribution in [1.29, 1.82) is 0 Å². The lowest BCUT2D eigenvalue weighted by Crippen LogP contribution is -2.01. The summed E-state index contributed by atoms with van der Waals surface area (Å²) in [6, 6.07) is 73.4. The Bertz CT molecular complexity index is 3590. The third-order valence-electron chi connectivity index (χ3n) is 11.8. The van der Waals surface area contributed by atoms with Gasteiger partial charge in [-0.3, -0.25) is 0 Å². The molecule has 0 aliphatic carbocycles. The minimum absolute atomic E-state index is 0.612. The fourth-order valence-electron chi connectivity index (χ4n) is 8.84. The lowest BCUT2D eigenvalue weighted by atomic mass is 9.87. The van der Waals surface area contributed by atoms with Crippen LogP contribution in [0.4, 0.5) is 0 Å². The molecule has 62 heavy (non-hydrogen) atoms. The second kappa shape index (κ2) is 14.7. The van der Waals surface area contributed by atoms with Crippen LogP contribution in [-0.4, -0.2) is 15.0 Å². The Morgan fingerprint density at radius 2 is 0.645 bits per heavy atom.